The Balaban J connectivity index is 1.73. The number of amidine groups is 1. The zero-order chi connectivity index (χ0) is 15.4. The molecule has 0 bridgehead atoms. The first-order valence-electron chi connectivity index (χ1n) is 7.62. The largest absolute Gasteiger partial charge is 0.463 e. The van der Waals surface area contributed by atoms with Gasteiger partial charge in [-0.1, -0.05) is 42.5 Å². The molecule has 1 aliphatic rings. The molecular formula is C18H21N3O. The fraction of sp³-hybridized carbons (Fsp3) is 0.278. The summed E-state index contributed by atoms with van der Waals surface area (Å²) < 4.78 is 5.22. The van der Waals surface area contributed by atoms with Gasteiger partial charge in [0.15, 0.2) is 0 Å². The molecule has 1 aliphatic heterocycles. The van der Waals surface area contributed by atoms with Crippen molar-refractivity contribution in [1.82, 2.24) is 0 Å². The maximum atomic E-state index is 5.57. The third-order valence-corrected chi connectivity index (χ3v) is 3.89. The van der Waals surface area contributed by atoms with Crippen LogP contribution in [0.25, 0.3) is 11.1 Å². The summed E-state index contributed by atoms with van der Waals surface area (Å²) in [7, 11) is 0. The number of ether oxygens (including phenoxy) is 1. The molecule has 0 aliphatic carbocycles. The van der Waals surface area contributed by atoms with Crippen LogP contribution in [-0.2, 0) is 4.74 Å². The molecular weight excluding hydrogens is 274 g/mol. The molecule has 2 aromatic rings. The zero-order valence-electron chi connectivity index (χ0n) is 12.8. The average Bonchev–Trinajstić information content (AvgIpc) is 2.99. The van der Waals surface area contributed by atoms with E-state index in [9.17, 15) is 0 Å². The van der Waals surface area contributed by atoms with Crippen LogP contribution < -0.4 is 10.6 Å². The molecule has 0 amide bonds. The molecule has 114 valence electrons. The van der Waals surface area contributed by atoms with Crippen LogP contribution in [0.4, 0.5) is 5.69 Å². The van der Waals surface area contributed by atoms with Crippen LogP contribution in [0.1, 0.15) is 6.92 Å². The second-order valence-corrected chi connectivity index (χ2v) is 5.38. The number of benzene rings is 2. The van der Waals surface area contributed by atoms with Gasteiger partial charge in [-0.25, -0.2) is 4.99 Å². The van der Waals surface area contributed by atoms with Gasteiger partial charge in [-0.05, 0) is 30.2 Å². The highest BCUT2D eigenvalue weighted by Gasteiger charge is 2.19. The first kappa shape index (κ1) is 14.4. The monoisotopic (exact) mass is 295 g/mol. The lowest BCUT2D eigenvalue weighted by molar-refractivity contribution is 0.313. The summed E-state index contributed by atoms with van der Waals surface area (Å²) >= 11 is 0. The molecule has 2 N–H and O–H groups in total. The molecule has 0 fully saturated rings. The summed E-state index contributed by atoms with van der Waals surface area (Å²) in [5.41, 5.74) is 9.24. The fourth-order valence-corrected chi connectivity index (χ4v) is 2.70. The van der Waals surface area contributed by atoms with E-state index in [0.717, 1.165) is 13.1 Å². The van der Waals surface area contributed by atoms with Gasteiger partial charge in [-0.15, -0.1) is 0 Å². The second kappa shape index (κ2) is 6.52. The van der Waals surface area contributed by atoms with E-state index in [4.69, 9.17) is 10.5 Å². The van der Waals surface area contributed by atoms with Crippen LogP contribution in [0.3, 0.4) is 0 Å². The molecule has 4 heteroatoms. The Bertz CT molecular complexity index is 637. The molecule has 0 unspecified atom stereocenters. The van der Waals surface area contributed by atoms with Crippen molar-refractivity contribution in [1.29, 1.82) is 0 Å². The van der Waals surface area contributed by atoms with Gasteiger partial charge < -0.3 is 15.4 Å². The third-order valence-electron chi connectivity index (χ3n) is 3.89. The average molecular weight is 295 g/mol. The van der Waals surface area contributed by atoms with Crippen LogP contribution in [0, 0.1) is 0 Å². The van der Waals surface area contributed by atoms with E-state index in [-0.39, 0.29) is 6.04 Å². The second-order valence-electron chi connectivity index (χ2n) is 5.38. The normalized spacial score (nSPS) is 17.0. The maximum Gasteiger partial charge on any atom is 0.282 e. The summed E-state index contributed by atoms with van der Waals surface area (Å²) in [6.07, 6.45) is 0. The Morgan fingerprint density at radius 3 is 2.36 bits per heavy atom. The lowest BCUT2D eigenvalue weighted by Crippen LogP contribution is -2.32. The van der Waals surface area contributed by atoms with E-state index in [1.807, 2.05) is 6.07 Å². The minimum Gasteiger partial charge on any atom is -0.463 e. The van der Waals surface area contributed by atoms with Crippen molar-refractivity contribution in [2.75, 3.05) is 24.6 Å². The van der Waals surface area contributed by atoms with E-state index in [1.165, 1.54) is 16.8 Å². The molecule has 0 spiro atoms. The first-order chi connectivity index (χ1) is 10.8. The topological polar surface area (TPSA) is 50.9 Å². The maximum absolute atomic E-state index is 5.57. The van der Waals surface area contributed by atoms with Crippen molar-refractivity contribution >= 4 is 11.7 Å². The highest BCUT2D eigenvalue weighted by atomic mass is 16.5. The number of hydrogen-bond donors (Lipinski definition) is 1. The van der Waals surface area contributed by atoms with Gasteiger partial charge in [-0.3, -0.25) is 0 Å². The lowest BCUT2D eigenvalue weighted by atomic mass is 10.1. The van der Waals surface area contributed by atoms with E-state index < -0.39 is 0 Å². The highest BCUT2D eigenvalue weighted by molar-refractivity contribution is 5.73. The Morgan fingerprint density at radius 1 is 1.09 bits per heavy atom. The van der Waals surface area contributed by atoms with Crippen LogP contribution in [0.15, 0.2) is 59.6 Å². The zero-order valence-corrected chi connectivity index (χ0v) is 12.8. The van der Waals surface area contributed by atoms with Crippen LogP contribution in [0.5, 0.6) is 0 Å². The smallest absolute Gasteiger partial charge is 0.282 e. The standard InChI is InChI=1S/C18H21N3O/c1-2-21(12-16-13-22-18(19)20-16)17-10-8-15(9-11-17)14-6-4-3-5-7-14/h3-11,16H,2,12-13H2,1H3,(H2,19,20)/t16-/m0/s1. The highest BCUT2D eigenvalue weighted by Crippen LogP contribution is 2.23. The lowest BCUT2D eigenvalue weighted by Gasteiger charge is -2.24. The number of rotatable bonds is 5. The third kappa shape index (κ3) is 3.22. The summed E-state index contributed by atoms with van der Waals surface area (Å²) in [4.78, 5) is 6.59. The van der Waals surface area contributed by atoms with Crippen molar-refractivity contribution in [3.05, 3.63) is 54.6 Å². The Labute approximate surface area is 131 Å². The summed E-state index contributed by atoms with van der Waals surface area (Å²) in [6.45, 7) is 4.47. The number of likely N-dealkylation sites (N-methyl/N-ethyl adjacent to an activating group) is 1. The predicted octanol–water partition coefficient (Wildman–Crippen LogP) is 2.89. The number of nitrogens with zero attached hydrogens (tertiary/aromatic N) is 2. The van der Waals surface area contributed by atoms with Gasteiger partial charge in [0.25, 0.3) is 6.02 Å². The van der Waals surface area contributed by atoms with Gasteiger partial charge >= 0.3 is 0 Å². The van der Waals surface area contributed by atoms with Crippen molar-refractivity contribution < 1.29 is 4.74 Å². The molecule has 0 aromatic heterocycles. The minimum absolute atomic E-state index is 0.119. The van der Waals surface area contributed by atoms with Crippen LogP contribution >= 0.6 is 0 Å². The quantitative estimate of drug-likeness (QED) is 0.922. The van der Waals surface area contributed by atoms with Crippen molar-refractivity contribution in [3.63, 3.8) is 0 Å². The Kier molecular flexibility index (Phi) is 4.28. The predicted molar refractivity (Wildman–Crippen MR) is 91.1 cm³/mol. The summed E-state index contributed by atoms with van der Waals surface area (Å²) in [5, 5.41) is 0. The molecule has 22 heavy (non-hydrogen) atoms. The van der Waals surface area contributed by atoms with E-state index >= 15 is 0 Å². The van der Waals surface area contributed by atoms with Gasteiger partial charge in [-0.2, -0.15) is 0 Å². The molecule has 2 aromatic carbocycles. The number of nitrogens with two attached hydrogens (primary N) is 1. The molecule has 3 rings (SSSR count). The SMILES string of the molecule is CCN(C[C@H]1COC(N)=N1)c1ccc(-c2ccccc2)cc1. The first-order valence-corrected chi connectivity index (χ1v) is 7.62. The van der Waals surface area contributed by atoms with Crippen LogP contribution in [0.2, 0.25) is 0 Å². The van der Waals surface area contributed by atoms with E-state index in [2.05, 4.69) is 65.3 Å². The van der Waals surface area contributed by atoms with Gasteiger partial charge in [0, 0.05) is 18.8 Å². The Morgan fingerprint density at radius 2 is 1.77 bits per heavy atom. The molecule has 1 atom stereocenters. The van der Waals surface area contributed by atoms with Crippen molar-refractivity contribution in [2.24, 2.45) is 10.7 Å². The molecule has 1 heterocycles. The summed E-state index contributed by atoms with van der Waals surface area (Å²) in [5.74, 6) is 0. The molecule has 0 saturated carbocycles. The summed E-state index contributed by atoms with van der Waals surface area (Å²) in [6, 6.07) is 19.5. The Hall–Kier alpha value is -2.49. The van der Waals surface area contributed by atoms with Gasteiger partial charge in [0.05, 0.1) is 0 Å². The molecule has 0 radical (unpaired) electrons. The number of anilines is 1. The van der Waals surface area contributed by atoms with Gasteiger partial charge in [0.1, 0.15) is 12.6 Å². The van der Waals surface area contributed by atoms with E-state index in [1.54, 1.807) is 0 Å². The van der Waals surface area contributed by atoms with Gasteiger partial charge in [0.2, 0.25) is 0 Å². The molecule has 4 nitrogen and oxygen atoms in total. The fourth-order valence-electron chi connectivity index (χ4n) is 2.70. The minimum atomic E-state index is 0.119. The number of aliphatic imine (C=N–C) groups is 1. The van der Waals surface area contributed by atoms with Crippen molar-refractivity contribution in [3.8, 4) is 11.1 Å². The molecule has 0 saturated heterocycles. The van der Waals surface area contributed by atoms with Crippen molar-refractivity contribution in [2.45, 2.75) is 13.0 Å². The van der Waals surface area contributed by atoms with Crippen LogP contribution in [-0.4, -0.2) is 31.8 Å². The van der Waals surface area contributed by atoms with E-state index in [0.29, 0.717) is 12.6 Å². The number of hydrogen-bond acceptors (Lipinski definition) is 4.